The molecule has 1 heterocycles. The number of para-hydroxylation sites is 2. The maximum Gasteiger partial charge on any atom is 0.255 e. The molecule has 0 bridgehead atoms. The fourth-order valence-corrected chi connectivity index (χ4v) is 3.50. The normalized spacial score (nSPS) is 14.7. The zero-order chi connectivity index (χ0) is 19.4. The summed E-state index contributed by atoms with van der Waals surface area (Å²) in [7, 11) is 3.18. The van der Waals surface area contributed by atoms with Gasteiger partial charge >= 0.3 is 0 Å². The Morgan fingerprint density at radius 1 is 1.15 bits per heavy atom. The molecule has 0 saturated carbocycles. The number of ether oxygens (including phenoxy) is 2. The molecule has 1 aliphatic heterocycles. The van der Waals surface area contributed by atoms with Gasteiger partial charge in [-0.15, -0.1) is 0 Å². The lowest BCUT2D eigenvalue weighted by Crippen LogP contribution is -2.44. The molecule has 1 amide bonds. The van der Waals surface area contributed by atoms with E-state index in [-0.39, 0.29) is 11.9 Å². The highest BCUT2D eigenvalue weighted by molar-refractivity contribution is 6.33. The van der Waals surface area contributed by atoms with Gasteiger partial charge in [0.05, 0.1) is 36.2 Å². The number of anilines is 2. The Balaban J connectivity index is 1.64. The molecule has 1 aliphatic rings. The molecule has 3 rings (SSSR count). The summed E-state index contributed by atoms with van der Waals surface area (Å²) in [5.41, 5.74) is 7.64. The summed E-state index contributed by atoms with van der Waals surface area (Å²) in [6.07, 6.45) is 1.68. The van der Waals surface area contributed by atoms with E-state index >= 15 is 0 Å². The van der Waals surface area contributed by atoms with Gasteiger partial charge in [-0.1, -0.05) is 23.7 Å². The molecule has 0 aliphatic carbocycles. The summed E-state index contributed by atoms with van der Waals surface area (Å²) >= 11 is 6.07. The van der Waals surface area contributed by atoms with Crippen molar-refractivity contribution in [1.82, 2.24) is 5.32 Å². The largest absolute Gasteiger partial charge is 0.496 e. The first-order valence-corrected chi connectivity index (χ1v) is 9.23. The molecule has 6 nitrogen and oxygen atoms in total. The number of methoxy groups -OCH3 is 2. The molecule has 0 unspecified atom stereocenters. The van der Waals surface area contributed by atoms with Crippen molar-refractivity contribution >= 4 is 28.9 Å². The van der Waals surface area contributed by atoms with Crippen LogP contribution >= 0.6 is 11.6 Å². The van der Waals surface area contributed by atoms with E-state index in [1.807, 2.05) is 18.2 Å². The summed E-state index contributed by atoms with van der Waals surface area (Å²) in [4.78, 5) is 15.0. The number of halogens is 1. The topological polar surface area (TPSA) is 76.8 Å². The van der Waals surface area contributed by atoms with E-state index < -0.39 is 0 Å². The third-order valence-corrected chi connectivity index (χ3v) is 5.15. The maximum atomic E-state index is 12.7. The number of nitrogens with two attached hydrogens (primary N) is 1. The van der Waals surface area contributed by atoms with Crippen LogP contribution < -0.4 is 25.4 Å². The Morgan fingerprint density at radius 2 is 1.81 bits per heavy atom. The molecule has 0 atom stereocenters. The van der Waals surface area contributed by atoms with Gasteiger partial charge < -0.3 is 25.4 Å². The van der Waals surface area contributed by atoms with Crippen LogP contribution in [0.1, 0.15) is 23.2 Å². The van der Waals surface area contributed by atoms with Gasteiger partial charge in [0.15, 0.2) is 0 Å². The number of nitrogens with zero attached hydrogens (tertiary/aromatic N) is 1. The van der Waals surface area contributed by atoms with Crippen molar-refractivity contribution in [2.45, 2.75) is 18.9 Å². The van der Waals surface area contributed by atoms with Crippen molar-refractivity contribution < 1.29 is 14.3 Å². The van der Waals surface area contributed by atoms with Crippen molar-refractivity contribution in [2.75, 3.05) is 37.9 Å². The molecule has 3 N–H and O–H groups in total. The number of rotatable bonds is 5. The predicted molar refractivity (Wildman–Crippen MR) is 108 cm³/mol. The van der Waals surface area contributed by atoms with E-state index in [2.05, 4.69) is 16.3 Å². The Kier molecular flexibility index (Phi) is 5.96. The third kappa shape index (κ3) is 4.22. The van der Waals surface area contributed by atoms with E-state index in [1.165, 1.54) is 7.11 Å². The Labute approximate surface area is 164 Å². The molecule has 0 radical (unpaired) electrons. The number of benzene rings is 2. The minimum absolute atomic E-state index is 0.0875. The van der Waals surface area contributed by atoms with E-state index in [9.17, 15) is 4.79 Å². The minimum atomic E-state index is -0.204. The van der Waals surface area contributed by atoms with Crippen LogP contribution in [0.4, 0.5) is 11.4 Å². The summed E-state index contributed by atoms with van der Waals surface area (Å²) in [5, 5.41) is 3.42. The standard InChI is InChI=1S/C20H24ClN3O3/c1-26-18-6-4-3-5-17(18)24-9-7-13(8-10-24)23-20(25)14-11-15(21)16(22)12-19(14)27-2/h3-6,11-13H,7-10,22H2,1-2H3,(H,23,25). The fraction of sp³-hybridized carbons (Fsp3) is 0.350. The molecule has 1 saturated heterocycles. The second-order valence-electron chi connectivity index (χ2n) is 6.48. The first kappa shape index (κ1) is 19.2. The monoisotopic (exact) mass is 389 g/mol. The van der Waals surface area contributed by atoms with Gasteiger partial charge in [-0.2, -0.15) is 0 Å². The van der Waals surface area contributed by atoms with E-state index in [0.29, 0.717) is 22.0 Å². The molecule has 0 spiro atoms. The van der Waals surface area contributed by atoms with E-state index in [1.54, 1.807) is 19.2 Å². The summed E-state index contributed by atoms with van der Waals surface area (Å²) in [5.74, 6) is 1.08. The molecular formula is C20H24ClN3O3. The Bertz CT molecular complexity index is 820. The quantitative estimate of drug-likeness (QED) is 0.767. The third-order valence-electron chi connectivity index (χ3n) is 4.82. The molecule has 7 heteroatoms. The first-order valence-electron chi connectivity index (χ1n) is 8.85. The highest BCUT2D eigenvalue weighted by Gasteiger charge is 2.24. The van der Waals surface area contributed by atoms with Crippen LogP contribution in [-0.4, -0.2) is 39.3 Å². The lowest BCUT2D eigenvalue weighted by Gasteiger charge is -2.34. The van der Waals surface area contributed by atoms with Crippen LogP contribution in [0.5, 0.6) is 11.5 Å². The minimum Gasteiger partial charge on any atom is -0.496 e. The Morgan fingerprint density at radius 3 is 2.48 bits per heavy atom. The second-order valence-corrected chi connectivity index (χ2v) is 6.89. The number of carbonyl (C=O) groups is 1. The number of piperidine rings is 1. The van der Waals surface area contributed by atoms with Gasteiger partial charge in [-0.25, -0.2) is 0 Å². The fourth-order valence-electron chi connectivity index (χ4n) is 3.33. The number of hydrogen-bond donors (Lipinski definition) is 2. The van der Waals surface area contributed by atoms with Crippen LogP contribution in [0, 0.1) is 0 Å². The zero-order valence-electron chi connectivity index (χ0n) is 15.5. The highest BCUT2D eigenvalue weighted by atomic mass is 35.5. The Hall–Kier alpha value is -2.60. The van der Waals surface area contributed by atoms with Gasteiger partial charge in [-0.05, 0) is 31.0 Å². The van der Waals surface area contributed by atoms with Gasteiger partial charge in [0.1, 0.15) is 11.5 Å². The number of hydrogen-bond acceptors (Lipinski definition) is 5. The van der Waals surface area contributed by atoms with E-state index in [4.69, 9.17) is 26.8 Å². The number of nitrogen functional groups attached to an aromatic ring is 1. The van der Waals surface area contributed by atoms with Gasteiger partial charge in [0, 0.05) is 25.2 Å². The maximum absolute atomic E-state index is 12.7. The van der Waals surface area contributed by atoms with Crippen molar-refractivity contribution in [3.05, 3.63) is 47.0 Å². The van der Waals surface area contributed by atoms with E-state index in [0.717, 1.165) is 37.4 Å². The number of nitrogens with one attached hydrogen (secondary N) is 1. The number of amides is 1. The van der Waals surface area contributed by atoms with Gasteiger partial charge in [0.25, 0.3) is 5.91 Å². The zero-order valence-corrected chi connectivity index (χ0v) is 16.3. The van der Waals surface area contributed by atoms with Crippen molar-refractivity contribution in [3.8, 4) is 11.5 Å². The molecular weight excluding hydrogens is 366 g/mol. The van der Waals surface area contributed by atoms with Crippen LogP contribution in [0.2, 0.25) is 5.02 Å². The highest BCUT2D eigenvalue weighted by Crippen LogP contribution is 2.31. The van der Waals surface area contributed by atoms with Crippen LogP contribution in [0.3, 0.4) is 0 Å². The average Bonchev–Trinajstić information content (AvgIpc) is 2.70. The lowest BCUT2D eigenvalue weighted by atomic mass is 10.0. The average molecular weight is 390 g/mol. The van der Waals surface area contributed by atoms with Crippen LogP contribution in [0.25, 0.3) is 0 Å². The van der Waals surface area contributed by atoms with Crippen LogP contribution in [0.15, 0.2) is 36.4 Å². The van der Waals surface area contributed by atoms with Crippen molar-refractivity contribution in [2.24, 2.45) is 0 Å². The SMILES string of the molecule is COc1cc(N)c(Cl)cc1C(=O)NC1CCN(c2ccccc2OC)CC1. The van der Waals surface area contributed by atoms with Gasteiger partial charge in [-0.3, -0.25) is 4.79 Å². The lowest BCUT2D eigenvalue weighted by molar-refractivity contribution is 0.0928. The summed E-state index contributed by atoms with van der Waals surface area (Å²) in [6.45, 7) is 1.68. The predicted octanol–water partition coefficient (Wildman–Crippen LogP) is 3.34. The van der Waals surface area contributed by atoms with Crippen LogP contribution in [-0.2, 0) is 0 Å². The summed E-state index contributed by atoms with van der Waals surface area (Å²) in [6, 6.07) is 11.2. The molecule has 0 aromatic heterocycles. The molecule has 1 fully saturated rings. The molecule has 27 heavy (non-hydrogen) atoms. The smallest absolute Gasteiger partial charge is 0.255 e. The molecule has 2 aromatic carbocycles. The number of carbonyl (C=O) groups excluding carboxylic acids is 1. The van der Waals surface area contributed by atoms with Crippen molar-refractivity contribution in [3.63, 3.8) is 0 Å². The molecule has 2 aromatic rings. The van der Waals surface area contributed by atoms with Gasteiger partial charge in [0.2, 0.25) is 0 Å². The van der Waals surface area contributed by atoms with Crippen molar-refractivity contribution in [1.29, 1.82) is 0 Å². The second kappa shape index (κ2) is 8.39. The molecule has 144 valence electrons. The first-order chi connectivity index (χ1) is 13.0. The summed E-state index contributed by atoms with van der Waals surface area (Å²) < 4.78 is 10.7.